The topological polar surface area (TPSA) is 60.0 Å². The van der Waals surface area contributed by atoms with Crippen LogP contribution in [0, 0.1) is 0 Å². The number of carbonyl (C=O) groups is 1. The van der Waals surface area contributed by atoms with Crippen LogP contribution in [0.3, 0.4) is 0 Å². The minimum absolute atomic E-state index is 0.0828. The van der Waals surface area contributed by atoms with Crippen molar-refractivity contribution in [3.63, 3.8) is 0 Å². The van der Waals surface area contributed by atoms with Crippen molar-refractivity contribution < 1.29 is 4.79 Å². The molecule has 6 heteroatoms. The molecule has 2 aromatic rings. The standard InChI is InChI=1S/C29H39N5O/c1-8-33(20(3)4)24-14-10-22(11-15-24)31-27-18-28(29(35)19-26(27)30-7)32-23-12-16-25(17-13-23)34(9-2)21(5)6/h10-21,30,32H,8-9H2,1-7H3. The van der Waals surface area contributed by atoms with Crippen molar-refractivity contribution in [2.45, 2.75) is 53.6 Å². The number of carbonyl (C=O) groups excluding carboxylic acids is 1. The predicted molar refractivity (Wildman–Crippen MR) is 150 cm³/mol. The van der Waals surface area contributed by atoms with Gasteiger partial charge in [-0.15, -0.1) is 0 Å². The molecule has 0 heterocycles. The van der Waals surface area contributed by atoms with E-state index in [0.717, 1.165) is 24.5 Å². The summed E-state index contributed by atoms with van der Waals surface area (Å²) in [4.78, 5) is 22.3. The van der Waals surface area contributed by atoms with Gasteiger partial charge in [0.05, 0.1) is 22.8 Å². The van der Waals surface area contributed by atoms with Crippen LogP contribution in [0.4, 0.5) is 22.7 Å². The third kappa shape index (κ3) is 6.32. The maximum atomic E-state index is 12.8. The number of anilines is 3. The summed E-state index contributed by atoms with van der Waals surface area (Å²) in [6.07, 6.45) is 3.41. The van der Waals surface area contributed by atoms with Crippen molar-refractivity contribution >= 4 is 34.2 Å². The molecule has 0 spiro atoms. The Bertz CT molecular complexity index is 1090. The summed E-state index contributed by atoms with van der Waals surface area (Å²) in [5.41, 5.74) is 5.97. The van der Waals surface area contributed by atoms with Crippen molar-refractivity contribution in [3.05, 3.63) is 72.1 Å². The number of benzene rings is 2. The van der Waals surface area contributed by atoms with E-state index in [1.165, 1.54) is 11.4 Å². The van der Waals surface area contributed by atoms with Gasteiger partial charge in [0.1, 0.15) is 0 Å². The molecule has 0 radical (unpaired) electrons. The highest BCUT2D eigenvalue weighted by molar-refractivity contribution is 6.23. The van der Waals surface area contributed by atoms with E-state index in [1.807, 2.05) is 30.3 Å². The van der Waals surface area contributed by atoms with Gasteiger partial charge >= 0.3 is 0 Å². The molecule has 186 valence electrons. The van der Waals surface area contributed by atoms with Crippen LogP contribution in [0.15, 0.2) is 77.1 Å². The molecule has 1 aliphatic rings. The summed E-state index contributed by atoms with van der Waals surface area (Å²) in [5, 5.41) is 6.38. The van der Waals surface area contributed by atoms with E-state index >= 15 is 0 Å². The Labute approximate surface area is 210 Å². The molecule has 6 nitrogen and oxygen atoms in total. The Morgan fingerprint density at radius 3 is 1.74 bits per heavy atom. The van der Waals surface area contributed by atoms with Crippen LogP contribution in [0.2, 0.25) is 0 Å². The summed E-state index contributed by atoms with van der Waals surface area (Å²) in [6, 6.07) is 17.3. The highest BCUT2D eigenvalue weighted by Crippen LogP contribution is 2.25. The van der Waals surface area contributed by atoms with Crippen molar-refractivity contribution in [3.8, 4) is 0 Å². The summed E-state index contributed by atoms with van der Waals surface area (Å²) in [7, 11) is 1.80. The molecular formula is C29H39N5O. The second-order valence-corrected chi connectivity index (χ2v) is 9.18. The zero-order chi connectivity index (χ0) is 25.5. The number of hydrogen-bond acceptors (Lipinski definition) is 6. The molecule has 0 unspecified atom stereocenters. The van der Waals surface area contributed by atoms with Crippen LogP contribution < -0.4 is 20.4 Å². The fourth-order valence-electron chi connectivity index (χ4n) is 4.40. The summed E-state index contributed by atoms with van der Waals surface area (Å²) >= 11 is 0. The molecule has 1 aliphatic carbocycles. The average molecular weight is 474 g/mol. The number of allylic oxidation sites excluding steroid dienone is 2. The van der Waals surface area contributed by atoms with Gasteiger partial charge in [0.2, 0.25) is 5.78 Å². The SMILES string of the molecule is CCN(c1ccc(N=C2C=C(Nc3ccc(N(CC)C(C)C)cc3)C(=O)C=C2NC)cc1)C(C)C. The largest absolute Gasteiger partial charge is 0.386 e. The number of hydrogen-bond donors (Lipinski definition) is 2. The number of rotatable bonds is 10. The van der Waals surface area contributed by atoms with Gasteiger partial charge in [-0.1, -0.05) is 0 Å². The molecule has 0 saturated heterocycles. The molecular weight excluding hydrogens is 434 g/mol. The predicted octanol–water partition coefficient (Wildman–Crippen LogP) is 5.91. The van der Waals surface area contributed by atoms with Crippen LogP contribution in [0.1, 0.15) is 41.5 Å². The second-order valence-electron chi connectivity index (χ2n) is 9.18. The van der Waals surface area contributed by atoms with Gasteiger partial charge in [-0.3, -0.25) is 4.79 Å². The minimum atomic E-state index is -0.0828. The Balaban J connectivity index is 1.84. The van der Waals surface area contributed by atoms with E-state index in [-0.39, 0.29) is 5.78 Å². The van der Waals surface area contributed by atoms with E-state index in [9.17, 15) is 4.79 Å². The van der Waals surface area contributed by atoms with E-state index in [4.69, 9.17) is 4.99 Å². The molecule has 0 aliphatic heterocycles. The molecule has 0 bridgehead atoms. The molecule has 2 N–H and O–H groups in total. The fourth-order valence-corrected chi connectivity index (χ4v) is 4.40. The van der Waals surface area contributed by atoms with Gasteiger partial charge in [0.15, 0.2) is 0 Å². The summed E-state index contributed by atoms with van der Waals surface area (Å²) in [5.74, 6) is -0.0828. The van der Waals surface area contributed by atoms with Gasteiger partial charge in [-0.05, 0) is 96.1 Å². The number of nitrogens with zero attached hydrogens (tertiary/aromatic N) is 3. The quantitative estimate of drug-likeness (QED) is 0.420. The minimum Gasteiger partial charge on any atom is -0.386 e. The maximum Gasteiger partial charge on any atom is 0.204 e. The van der Waals surface area contributed by atoms with Crippen LogP contribution in [-0.2, 0) is 4.79 Å². The van der Waals surface area contributed by atoms with Gasteiger partial charge in [0, 0.05) is 55.4 Å². The zero-order valence-electron chi connectivity index (χ0n) is 22.1. The lowest BCUT2D eigenvalue weighted by molar-refractivity contribution is -0.111. The highest BCUT2D eigenvalue weighted by Gasteiger charge is 2.19. The maximum absolute atomic E-state index is 12.8. The third-order valence-corrected chi connectivity index (χ3v) is 6.20. The number of ketones is 1. The van der Waals surface area contributed by atoms with Gasteiger partial charge in [0.25, 0.3) is 0 Å². The van der Waals surface area contributed by atoms with Crippen molar-refractivity contribution in [1.29, 1.82) is 0 Å². The molecule has 0 atom stereocenters. The van der Waals surface area contributed by atoms with Gasteiger partial charge < -0.3 is 20.4 Å². The van der Waals surface area contributed by atoms with Gasteiger partial charge in [-0.2, -0.15) is 0 Å². The van der Waals surface area contributed by atoms with Crippen molar-refractivity contribution in [1.82, 2.24) is 5.32 Å². The van der Waals surface area contributed by atoms with Crippen molar-refractivity contribution in [2.24, 2.45) is 4.99 Å². The highest BCUT2D eigenvalue weighted by atomic mass is 16.1. The first-order valence-electron chi connectivity index (χ1n) is 12.5. The van der Waals surface area contributed by atoms with Gasteiger partial charge in [-0.25, -0.2) is 4.99 Å². The second kappa shape index (κ2) is 11.7. The van der Waals surface area contributed by atoms with Crippen LogP contribution in [0.5, 0.6) is 0 Å². The van der Waals surface area contributed by atoms with Crippen LogP contribution >= 0.6 is 0 Å². The summed E-state index contributed by atoms with van der Waals surface area (Å²) < 4.78 is 0. The molecule has 0 aromatic heterocycles. The van der Waals surface area contributed by atoms with Crippen LogP contribution in [-0.4, -0.2) is 43.7 Å². The molecule has 35 heavy (non-hydrogen) atoms. The average Bonchev–Trinajstić information content (AvgIpc) is 2.83. The Hall–Kier alpha value is -3.54. The first-order valence-corrected chi connectivity index (χ1v) is 12.5. The normalized spacial score (nSPS) is 14.8. The Kier molecular flexibility index (Phi) is 8.74. The Morgan fingerprint density at radius 1 is 0.771 bits per heavy atom. The van der Waals surface area contributed by atoms with E-state index in [2.05, 4.69) is 86.2 Å². The lowest BCUT2D eigenvalue weighted by Crippen LogP contribution is -2.30. The third-order valence-electron chi connectivity index (χ3n) is 6.20. The smallest absolute Gasteiger partial charge is 0.204 e. The zero-order valence-corrected chi connectivity index (χ0v) is 22.1. The first kappa shape index (κ1) is 26.1. The fraction of sp³-hybridized carbons (Fsp3) is 0.379. The first-order chi connectivity index (χ1) is 16.8. The molecule has 2 aromatic carbocycles. The van der Waals surface area contributed by atoms with Crippen molar-refractivity contribution in [2.75, 3.05) is 35.3 Å². The number of aliphatic imine (C=N–C) groups is 1. The number of nitrogens with one attached hydrogen (secondary N) is 2. The Morgan fingerprint density at radius 2 is 1.29 bits per heavy atom. The monoisotopic (exact) mass is 473 g/mol. The molecule has 0 saturated carbocycles. The lowest BCUT2D eigenvalue weighted by atomic mass is 10.0. The van der Waals surface area contributed by atoms with E-state index < -0.39 is 0 Å². The molecule has 3 rings (SSSR count). The van der Waals surface area contributed by atoms with Crippen LogP contribution in [0.25, 0.3) is 0 Å². The lowest BCUT2D eigenvalue weighted by Gasteiger charge is -2.27. The van der Waals surface area contributed by atoms with E-state index in [1.54, 1.807) is 13.1 Å². The molecule has 0 fully saturated rings. The molecule has 0 amide bonds. The summed E-state index contributed by atoms with van der Waals surface area (Å²) in [6.45, 7) is 15.0. The van der Waals surface area contributed by atoms with E-state index in [0.29, 0.717) is 29.2 Å².